The molecule has 1 saturated heterocycles. The maximum atomic E-state index is 13.1. The molecule has 7 heteroatoms. The van der Waals surface area contributed by atoms with Crippen LogP contribution in [0.4, 0.5) is 10.1 Å². The molecule has 2 aromatic carbocycles. The lowest BCUT2D eigenvalue weighted by Crippen LogP contribution is -2.41. The Morgan fingerprint density at radius 2 is 1.61 bits per heavy atom. The van der Waals surface area contributed by atoms with Crippen LogP contribution < -0.4 is 5.32 Å². The lowest BCUT2D eigenvalue weighted by molar-refractivity contribution is -0.158. The Morgan fingerprint density at radius 3 is 2.19 bits per heavy atom. The maximum Gasteiger partial charge on any atom is 0.309 e. The second-order valence-corrected chi connectivity index (χ2v) is 7.91. The number of nitrogens with zero attached hydrogens (tertiary/aromatic N) is 1. The number of nitrogens with one attached hydrogen (secondary N) is 1. The van der Waals surface area contributed by atoms with Gasteiger partial charge in [-0.15, -0.1) is 0 Å². The number of ether oxygens (including phenoxy) is 1. The Balaban J connectivity index is 1.50. The molecule has 1 fully saturated rings. The number of likely N-dealkylation sites (tertiary alicyclic amines) is 1. The Kier molecular flexibility index (Phi) is 7.05. The molecule has 2 aromatic rings. The summed E-state index contributed by atoms with van der Waals surface area (Å²) in [6.07, 6.45) is -0.0148. The van der Waals surface area contributed by atoms with Gasteiger partial charge in [0.1, 0.15) is 5.82 Å². The zero-order chi connectivity index (χ0) is 22.5. The van der Waals surface area contributed by atoms with Gasteiger partial charge in [-0.1, -0.05) is 18.2 Å². The van der Waals surface area contributed by atoms with E-state index in [9.17, 15) is 18.8 Å². The fraction of sp³-hybridized carbons (Fsp3) is 0.375. The number of amides is 2. The van der Waals surface area contributed by atoms with E-state index in [1.54, 1.807) is 11.8 Å². The third-order valence-electron chi connectivity index (χ3n) is 5.60. The number of carbonyl (C=O) groups excluding carboxylic acids is 3. The van der Waals surface area contributed by atoms with E-state index < -0.39 is 17.9 Å². The summed E-state index contributed by atoms with van der Waals surface area (Å²) in [4.78, 5) is 39.2. The molecule has 0 unspecified atom stereocenters. The molecule has 0 aliphatic carbocycles. The number of para-hydroxylation sites is 1. The van der Waals surface area contributed by atoms with Crippen LogP contribution >= 0.6 is 0 Å². The minimum absolute atomic E-state index is 0.187. The standard InChI is InChI=1S/C24H27FN2O4/c1-15-5-4-6-16(2)21(15)26-22(28)17(3)31-24(30)19-11-13-27(14-12-19)23(29)18-7-9-20(25)10-8-18/h4-10,17,19H,11-14H2,1-3H3,(H,26,28)/t17-/m0/s1. The summed E-state index contributed by atoms with van der Waals surface area (Å²) < 4.78 is 18.5. The van der Waals surface area contributed by atoms with Crippen LogP contribution in [0.5, 0.6) is 0 Å². The highest BCUT2D eigenvalue weighted by Crippen LogP contribution is 2.22. The van der Waals surface area contributed by atoms with E-state index in [1.165, 1.54) is 24.3 Å². The van der Waals surface area contributed by atoms with Crippen LogP contribution in [0.1, 0.15) is 41.3 Å². The van der Waals surface area contributed by atoms with Crippen molar-refractivity contribution in [2.24, 2.45) is 5.92 Å². The van der Waals surface area contributed by atoms with Crippen LogP contribution in [0.2, 0.25) is 0 Å². The van der Waals surface area contributed by atoms with Gasteiger partial charge in [-0.05, 0) is 69.0 Å². The minimum Gasteiger partial charge on any atom is -0.452 e. The second kappa shape index (κ2) is 9.73. The first kappa shape index (κ1) is 22.5. The Hall–Kier alpha value is -3.22. The van der Waals surface area contributed by atoms with Gasteiger partial charge in [0.25, 0.3) is 11.8 Å². The number of hydrogen-bond donors (Lipinski definition) is 1. The Bertz CT molecular complexity index is 946. The van der Waals surface area contributed by atoms with E-state index in [1.807, 2.05) is 32.0 Å². The average molecular weight is 426 g/mol. The van der Waals surface area contributed by atoms with Gasteiger partial charge in [0.15, 0.2) is 6.10 Å². The molecule has 31 heavy (non-hydrogen) atoms. The van der Waals surface area contributed by atoms with Gasteiger partial charge in [-0.3, -0.25) is 14.4 Å². The predicted molar refractivity (Wildman–Crippen MR) is 115 cm³/mol. The summed E-state index contributed by atoms with van der Waals surface area (Å²) >= 11 is 0. The Labute approximate surface area is 181 Å². The van der Waals surface area contributed by atoms with Crippen molar-refractivity contribution in [2.75, 3.05) is 18.4 Å². The highest BCUT2D eigenvalue weighted by atomic mass is 19.1. The number of esters is 1. The number of carbonyl (C=O) groups is 3. The molecule has 1 atom stereocenters. The van der Waals surface area contributed by atoms with Crippen LogP contribution in [-0.4, -0.2) is 41.9 Å². The second-order valence-electron chi connectivity index (χ2n) is 7.91. The summed E-state index contributed by atoms with van der Waals surface area (Å²) in [7, 11) is 0. The molecule has 6 nitrogen and oxygen atoms in total. The van der Waals surface area contributed by atoms with E-state index in [2.05, 4.69) is 5.32 Å². The topological polar surface area (TPSA) is 75.7 Å². The summed E-state index contributed by atoms with van der Waals surface area (Å²) in [5.41, 5.74) is 3.01. The number of benzene rings is 2. The van der Waals surface area contributed by atoms with Gasteiger partial charge in [-0.25, -0.2) is 4.39 Å². The molecule has 0 saturated carbocycles. The lowest BCUT2D eigenvalue weighted by atomic mass is 9.96. The number of halogens is 1. The van der Waals surface area contributed by atoms with Crippen molar-refractivity contribution in [3.05, 3.63) is 65.0 Å². The quantitative estimate of drug-likeness (QED) is 0.737. The fourth-order valence-electron chi connectivity index (χ4n) is 3.65. The molecule has 1 N–H and O–H groups in total. The van der Waals surface area contributed by atoms with Gasteiger partial charge in [-0.2, -0.15) is 0 Å². The number of rotatable bonds is 5. The summed E-state index contributed by atoms with van der Waals surface area (Å²) in [5, 5.41) is 2.83. The van der Waals surface area contributed by atoms with Crippen molar-refractivity contribution in [3.63, 3.8) is 0 Å². The van der Waals surface area contributed by atoms with Gasteiger partial charge < -0.3 is 15.0 Å². The normalized spacial score (nSPS) is 15.3. The molecule has 0 aromatic heterocycles. The zero-order valence-corrected chi connectivity index (χ0v) is 18.0. The first-order valence-corrected chi connectivity index (χ1v) is 10.4. The molecular weight excluding hydrogens is 399 g/mol. The molecule has 3 rings (SSSR count). The third-order valence-corrected chi connectivity index (χ3v) is 5.60. The smallest absolute Gasteiger partial charge is 0.309 e. The number of hydrogen-bond acceptors (Lipinski definition) is 4. The summed E-state index contributed by atoms with van der Waals surface area (Å²) in [5.74, 6) is -1.76. The SMILES string of the molecule is Cc1cccc(C)c1NC(=O)[C@H](C)OC(=O)C1CCN(C(=O)c2ccc(F)cc2)CC1. The summed E-state index contributed by atoms with van der Waals surface area (Å²) in [6.45, 7) is 6.16. The average Bonchev–Trinajstić information content (AvgIpc) is 2.76. The number of anilines is 1. The van der Waals surface area contributed by atoms with E-state index in [4.69, 9.17) is 4.74 Å². The highest BCUT2D eigenvalue weighted by Gasteiger charge is 2.31. The van der Waals surface area contributed by atoms with Gasteiger partial charge in [0, 0.05) is 24.3 Å². The molecule has 1 aliphatic rings. The molecule has 0 bridgehead atoms. The van der Waals surface area contributed by atoms with Crippen molar-refractivity contribution in [3.8, 4) is 0 Å². The van der Waals surface area contributed by atoms with Crippen LogP contribution in [0.15, 0.2) is 42.5 Å². The van der Waals surface area contributed by atoms with E-state index in [0.29, 0.717) is 31.5 Å². The molecule has 1 aliphatic heterocycles. The lowest BCUT2D eigenvalue weighted by Gasteiger charge is -2.31. The first-order chi connectivity index (χ1) is 14.8. The van der Waals surface area contributed by atoms with Gasteiger partial charge in [0.2, 0.25) is 0 Å². The summed E-state index contributed by atoms with van der Waals surface area (Å²) in [6, 6.07) is 11.1. The molecule has 1 heterocycles. The molecular formula is C24H27FN2O4. The number of aryl methyl sites for hydroxylation is 2. The predicted octanol–water partition coefficient (Wildman–Crippen LogP) is 3.87. The molecule has 164 valence electrons. The van der Waals surface area contributed by atoms with Crippen molar-refractivity contribution in [1.82, 2.24) is 4.90 Å². The van der Waals surface area contributed by atoms with Gasteiger partial charge in [0.05, 0.1) is 5.92 Å². The first-order valence-electron chi connectivity index (χ1n) is 10.4. The van der Waals surface area contributed by atoms with Crippen LogP contribution in [0.25, 0.3) is 0 Å². The monoisotopic (exact) mass is 426 g/mol. The van der Waals surface area contributed by atoms with Crippen LogP contribution in [0, 0.1) is 25.6 Å². The molecule has 0 spiro atoms. The molecule has 2 amide bonds. The fourth-order valence-corrected chi connectivity index (χ4v) is 3.65. The van der Waals surface area contributed by atoms with E-state index in [0.717, 1.165) is 16.8 Å². The van der Waals surface area contributed by atoms with Crippen LogP contribution in [0.3, 0.4) is 0 Å². The van der Waals surface area contributed by atoms with Crippen molar-refractivity contribution < 1.29 is 23.5 Å². The van der Waals surface area contributed by atoms with Crippen molar-refractivity contribution >= 4 is 23.5 Å². The number of piperidine rings is 1. The maximum absolute atomic E-state index is 13.1. The van der Waals surface area contributed by atoms with E-state index >= 15 is 0 Å². The largest absolute Gasteiger partial charge is 0.452 e. The van der Waals surface area contributed by atoms with Crippen molar-refractivity contribution in [1.29, 1.82) is 0 Å². The van der Waals surface area contributed by atoms with Crippen LogP contribution in [-0.2, 0) is 14.3 Å². The highest BCUT2D eigenvalue weighted by molar-refractivity contribution is 5.96. The molecule has 0 radical (unpaired) electrons. The Morgan fingerprint density at radius 1 is 1.03 bits per heavy atom. The van der Waals surface area contributed by atoms with Crippen molar-refractivity contribution in [2.45, 2.75) is 39.7 Å². The van der Waals surface area contributed by atoms with E-state index in [-0.39, 0.29) is 17.7 Å². The third kappa shape index (κ3) is 5.48. The zero-order valence-electron chi connectivity index (χ0n) is 18.0. The van der Waals surface area contributed by atoms with Gasteiger partial charge >= 0.3 is 5.97 Å². The minimum atomic E-state index is -0.926.